The third-order valence-electron chi connectivity index (χ3n) is 5.47. The van der Waals surface area contributed by atoms with Gasteiger partial charge in [-0.3, -0.25) is 9.59 Å². The molecule has 1 saturated heterocycles. The Bertz CT molecular complexity index is 800. The van der Waals surface area contributed by atoms with Crippen molar-refractivity contribution in [1.29, 1.82) is 0 Å². The molecule has 1 fully saturated rings. The predicted molar refractivity (Wildman–Crippen MR) is 111 cm³/mol. The summed E-state index contributed by atoms with van der Waals surface area (Å²) in [6.45, 7) is 6.29. The number of hydrogen-bond donors (Lipinski definition) is 2. The van der Waals surface area contributed by atoms with Crippen molar-refractivity contribution in [3.8, 4) is 0 Å². The average Bonchev–Trinajstić information content (AvgIpc) is 2.71. The SMILES string of the molecule is CC[C@H](C)c1ccc(S(=O)(=O)N2CC[NH+](CC(=O)NCC(=O)N(C)C)CC2)cc1. The Morgan fingerprint density at radius 1 is 1.17 bits per heavy atom. The van der Waals surface area contributed by atoms with Crippen LogP contribution in [0.3, 0.4) is 0 Å². The largest absolute Gasteiger partial charge is 0.347 e. The molecule has 1 heterocycles. The minimum absolute atomic E-state index is 0.0216. The van der Waals surface area contributed by atoms with Gasteiger partial charge in [0.1, 0.15) is 0 Å². The Labute approximate surface area is 173 Å². The van der Waals surface area contributed by atoms with Crippen LogP contribution >= 0.6 is 0 Å². The first-order valence-corrected chi connectivity index (χ1v) is 11.5. The summed E-state index contributed by atoms with van der Waals surface area (Å²) in [7, 11) is -0.252. The number of benzene rings is 1. The smallest absolute Gasteiger partial charge is 0.275 e. The molecule has 162 valence electrons. The number of piperazine rings is 1. The molecule has 1 atom stereocenters. The molecule has 2 N–H and O–H groups in total. The lowest BCUT2D eigenvalue weighted by Gasteiger charge is -2.31. The Morgan fingerprint density at radius 3 is 2.28 bits per heavy atom. The summed E-state index contributed by atoms with van der Waals surface area (Å²) in [5.74, 6) is 0.0359. The van der Waals surface area contributed by atoms with E-state index < -0.39 is 10.0 Å². The van der Waals surface area contributed by atoms with E-state index in [1.807, 2.05) is 12.1 Å². The molecular weight excluding hydrogens is 392 g/mol. The molecule has 2 rings (SSSR count). The summed E-state index contributed by atoms with van der Waals surface area (Å²) < 4.78 is 27.3. The zero-order chi connectivity index (χ0) is 21.6. The van der Waals surface area contributed by atoms with E-state index in [0.29, 0.717) is 37.0 Å². The van der Waals surface area contributed by atoms with E-state index in [1.54, 1.807) is 26.2 Å². The van der Waals surface area contributed by atoms with Crippen molar-refractivity contribution < 1.29 is 22.9 Å². The predicted octanol–water partition coefficient (Wildman–Crippen LogP) is -0.706. The maximum atomic E-state index is 12.9. The molecule has 0 radical (unpaired) electrons. The summed E-state index contributed by atoms with van der Waals surface area (Å²) in [6, 6.07) is 7.15. The number of amides is 2. The van der Waals surface area contributed by atoms with E-state index in [0.717, 1.165) is 16.9 Å². The Morgan fingerprint density at radius 2 is 1.76 bits per heavy atom. The summed E-state index contributed by atoms with van der Waals surface area (Å²) in [5.41, 5.74) is 1.14. The summed E-state index contributed by atoms with van der Waals surface area (Å²) >= 11 is 0. The lowest BCUT2D eigenvalue weighted by Crippen LogP contribution is -3.15. The number of hydrogen-bond acceptors (Lipinski definition) is 4. The number of nitrogens with one attached hydrogen (secondary N) is 2. The van der Waals surface area contributed by atoms with Gasteiger partial charge in [0.15, 0.2) is 6.54 Å². The number of quaternary nitrogens is 1. The van der Waals surface area contributed by atoms with Crippen LogP contribution in [0.1, 0.15) is 31.7 Å². The summed E-state index contributed by atoms with van der Waals surface area (Å²) in [5, 5.41) is 2.61. The fourth-order valence-electron chi connectivity index (χ4n) is 3.19. The van der Waals surface area contributed by atoms with Gasteiger partial charge in [-0.25, -0.2) is 8.42 Å². The van der Waals surface area contributed by atoms with Gasteiger partial charge in [-0.1, -0.05) is 26.0 Å². The first-order valence-electron chi connectivity index (χ1n) is 10.1. The zero-order valence-electron chi connectivity index (χ0n) is 17.8. The van der Waals surface area contributed by atoms with E-state index in [-0.39, 0.29) is 24.9 Å². The van der Waals surface area contributed by atoms with Gasteiger partial charge in [-0.05, 0) is 30.0 Å². The molecule has 0 aliphatic carbocycles. The Balaban J connectivity index is 1.87. The van der Waals surface area contributed by atoms with Gasteiger partial charge in [-0.2, -0.15) is 4.31 Å². The van der Waals surface area contributed by atoms with Crippen molar-refractivity contribution >= 4 is 21.8 Å². The van der Waals surface area contributed by atoms with E-state index in [4.69, 9.17) is 0 Å². The molecule has 1 aliphatic heterocycles. The van der Waals surface area contributed by atoms with Crippen LogP contribution in [-0.4, -0.2) is 82.8 Å². The third kappa shape index (κ3) is 6.25. The molecule has 0 aromatic heterocycles. The van der Waals surface area contributed by atoms with Crippen molar-refractivity contribution in [2.75, 3.05) is 53.4 Å². The number of sulfonamides is 1. The molecule has 1 aliphatic rings. The average molecular weight is 426 g/mol. The van der Waals surface area contributed by atoms with Gasteiger partial charge in [0.2, 0.25) is 15.9 Å². The van der Waals surface area contributed by atoms with Crippen LogP contribution in [0.4, 0.5) is 0 Å². The number of carbonyl (C=O) groups excluding carboxylic acids is 2. The minimum Gasteiger partial charge on any atom is -0.347 e. The Kier molecular flexibility index (Phi) is 8.18. The van der Waals surface area contributed by atoms with Crippen molar-refractivity contribution in [1.82, 2.24) is 14.5 Å². The van der Waals surface area contributed by atoms with Gasteiger partial charge in [-0.15, -0.1) is 0 Å². The van der Waals surface area contributed by atoms with E-state index in [1.165, 1.54) is 9.21 Å². The van der Waals surface area contributed by atoms with Gasteiger partial charge >= 0.3 is 0 Å². The second-order valence-corrected chi connectivity index (χ2v) is 9.71. The maximum Gasteiger partial charge on any atom is 0.275 e. The third-order valence-corrected chi connectivity index (χ3v) is 7.39. The van der Waals surface area contributed by atoms with Crippen molar-refractivity contribution in [3.05, 3.63) is 29.8 Å². The van der Waals surface area contributed by atoms with Crippen LogP contribution < -0.4 is 10.2 Å². The molecule has 0 unspecified atom stereocenters. The highest BCUT2D eigenvalue weighted by molar-refractivity contribution is 7.89. The number of rotatable bonds is 8. The summed E-state index contributed by atoms with van der Waals surface area (Å²) in [4.78, 5) is 26.3. The number of nitrogens with zero attached hydrogens (tertiary/aromatic N) is 2. The number of carbonyl (C=O) groups is 2. The first kappa shape index (κ1) is 23.3. The molecule has 0 spiro atoms. The van der Waals surface area contributed by atoms with Crippen LogP contribution in [0.2, 0.25) is 0 Å². The molecule has 8 nitrogen and oxygen atoms in total. The minimum atomic E-state index is -3.52. The highest BCUT2D eigenvalue weighted by Gasteiger charge is 2.31. The highest BCUT2D eigenvalue weighted by Crippen LogP contribution is 2.22. The van der Waals surface area contributed by atoms with Crippen LogP contribution in [0.25, 0.3) is 0 Å². The molecule has 0 saturated carbocycles. The quantitative estimate of drug-likeness (QED) is 0.576. The normalized spacial score (nSPS) is 17.0. The molecule has 1 aromatic rings. The van der Waals surface area contributed by atoms with Gasteiger partial charge < -0.3 is 15.1 Å². The molecular formula is C20H33N4O4S+. The zero-order valence-corrected chi connectivity index (χ0v) is 18.6. The van der Waals surface area contributed by atoms with Crippen molar-refractivity contribution in [3.63, 3.8) is 0 Å². The topological polar surface area (TPSA) is 91.2 Å². The van der Waals surface area contributed by atoms with E-state index in [9.17, 15) is 18.0 Å². The van der Waals surface area contributed by atoms with Crippen molar-refractivity contribution in [2.24, 2.45) is 0 Å². The van der Waals surface area contributed by atoms with Crippen LogP contribution in [0.15, 0.2) is 29.2 Å². The Hall–Kier alpha value is -1.97. The van der Waals surface area contributed by atoms with Crippen LogP contribution in [-0.2, 0) is 19.6 Å². The number of likely N-dealkylation sites (N-methyl/N-ethyl adjacent to an activating group) is 1. The first-order chi connectivity index (χ1) is 13.6. The fraction of sp³-hybridized carbons (Fsp3) is 0.600. The second-order valence-electron chi connectivity index (χ2n) is 7.77. The van der Waals surface area contributed by atoms with E-state index >= 15 is 0 Å². The molecule has 2 amide bonds. The highest BCUT2D eigenvalue weighted by atomic mass is 32.2. The molecule has 1 aromatic carbocycles. The molecule has 29 heavy (non-hydrogen) atoms. The van der Waals surface area contributed by atoms with Crippen molar-refractivity contribution in [2.45, 2.75) is 31.1 Å². The second kappa shape index (κ2) is 10.2. The van der Waals surface area contributed by atoms with Gasteiger partial charge in [0.05, 0.1) is 37.6 Å². The maximum absolute atomic E-state index is 12.9. The fourth-order valence-corrected chi connectivity index (χ4v) is 4.64. The summed E-state index contributed by atoms with van der Waals surface area (Å²) in [6.07, 6.45) is 1.01. The monoisotopic (exact) mass is 425 g/mol. The molecule has 9 heteroatoms. The van der Waals surface area contributed by atoms with Gasteiger partial charge in [0.25, 0.3) is 5.91 Å². The molecule has 0 bridgehead atoms. The van der Waals surface area contributed by atoms with Crippen LogP contribution in [0, 0.1) is 0 Å². The standard InChI is InChI=1S/C20H32N4O4S/c1-5-16(2)17-6-8-18(9-7-17)29(27,28)24-12-10-23(11-13-24)15-19(25)21-14-20(26)22(3)4/h6-9,16H,5,10-15H2,1-4H3,(H,21,25)/p+1/t16-/m0/s1. The van der Waals surface area contributed by atoms with E-state index in [2.05, 4.69) is 19.2 Å². The lowest BCUT2D eigenvalue weighted by molar-refractivity contribution is -0.895. The van der Waals surface area contributed by atoms with Crippen LogP contribution in [0.5, 0.6) is 0 Å². The van der Waals surface area contributed by atoms with Gasteiger partial charge in [0, 0.05) is 14.1 Å². The lowest BCUT2D eigenvalue weighted by atomic mass is 9.99.